The fraction of sp³-hybridized carbons (Fsp3) is 0.167. The zero-order chi connectivity index (χ0) is 15.7. The number of rotatable bonds is 4. The van der Waals surface area contributed by atoms with Gasteiger partial charge in [-0.1, -0.05) is 30.3 Å². The number of carboxylic acids is 1. The highest BCUT2D eigenvalue weighted by atomic mass is 32.2. The molecular formula is C18H17NO2S. The summed E-state index contributed by atoms with van der Waals surface area (Å²) < 4.78 is 2.25. The first kappa shape index (κ1) is 14.7. The molecule has 0 unspecified atom stereocenters. The number of aromatic nitrogens is 1. The highest BCUT2D eigenvalue weighted by Crippen LogP contribution is 2.34. The lowest BCUT2D eigenvalue weighted by atomic mass is 10.1. The lowest BCUT2D eigenvalue weighted by Crippen LogP contribution is -2.02. The summed E-state index contributed by atoms with van der Waals surface area (Å²) in [6.07, 6.45) is 2.03. The zero-order valence-corrected chi connectivity index (χ0v) is 13.4. The third-order valence-corrected chi connectivity index (χ3v) is 4.82. The van der Waals surface area contributed by atoms with Crippen molar-refractivity contribution in [3.63, 3.8) is 0 Å². The second kappa shape index (κ2) is 5.89. The van der Waals surface area contributed by atoms with Crippen LogP contribution in [-0.4, -0.2) is 21.9 Å². The summed E-state index contributed by atoms with van der Waals surface area (Å²) >= 11 is 1.66. The van der Waals surface area contributed by atoms with E-state index < -0.39 is 5.97 Å². The average molecular weight is 311 g/mol. The number of aromatic carboxylic acids is 1. The molecule has 2 aromatic carbocycles. The van der Waals surface area contributed by atoms with E-state index in [1.165, 1.54) is 11.3 Å². The first-order valence-corrected chi connectivity index (χ1v) is 8.28. The Bertz CT molecular complexity index is 837. The van der Waals surface area contributed by atoms with Gasteiger partial charge in [0.25, 0.3) is 0 Å². The van der Waals surface area contributed by atoms with E-state index >= 15 is 0 Å². The van der Waals surface area contributed by atoms with Gasteiger partial charge < -0.3 is 9.67 Å². The second-order valence-corrected chi connectivity index (χ2v) is 6.04. The van der Waals surface area contributed by atoms with Crippen LogP contribution in [-0.2, 0) is 6.54 Å². The molecule has 3 nitrogen and oxygen atoms in total. The van der Waals surface area contributed by atoms with Gasteiger partial charge in [-0.15, -0.1) is 11.8 Å². The highest BCUT2D eigenvalue weighted by molar-refractivity contribution is 7.98. The Hall–Kier alpha value is -2.20. The van der Waals surface area contributed by atoms with Gasteiger partial charge in [-0.05, 0) is 36.9 Å². The van der Waals surface area contributed by atoms with Crippen LogP contribution in [0.1, 0.15) is 21.6 Å². The highest BCUT2D eigenvalue weighted by Gasteiger charge is 2.15. The lowest BCUT2D eigenvalue weighted by molar-refractivity contribution is 0.0697. The Morgan fingerprint density at radius 2 is 1.91 bits per heavy atom. The Labute approximate surface area is 133 Å². The zero-order valence-electron chi connectivity index (χ0n) is 12.5. The van der Waals surface area contributed by atoms with Crippen molar-refractivity contribution in [3.8, 4) is 0 Å². The maximum Gasteiger partial charge on any atom is 0.335 e. The van der Waals surface area contributed by atoms with E-state index in [1.807, 2.05) is 30.5 Å². The fourth-order valence-electron chi connectivity index (χ4n) is 2.81. The maximum absolute atomic E-state index is 11.2. The quantitative estimate of drug-likeness (QED) is 0.725. The minimum absolute atomic E-state index is 0.333. The SMILES string of the molecule is CSc1c(C)n(Cc2ccccc2)c2ccc(C(=O)O)cc12. The molecule has 0 saturated heterocycles. The van der Waals surface area contributed by atoms with Crippen LogP contribution in [0.5, 0.6) is 0 Å². The standard InChI is InChI=1S/C18H17NO2S/c1-12-17(22-2)15-10-14(18(20)21)8-9-16(15)19(12)11-13-6-4-3-5-7-13/h3-10H,11H2,1-2H3,(H,20,21). The second-order valence-electron chi connectivity index (χ2n) is 5.23. The molecule has 0 aliphatic heterocycles. The predicted molar refractivity (Wildman–Crippen MR) is 91.0 cm³/mol. The first-order chi connectivity index (χ1) is 10.6. The van der Waals surface area contributed by atoms with Crippen LogP contribution in [0.25, 0.3) is 10.9 Å². The van der Waals surface area contributed by atoms with E-state index in [0.29, 0.717) is 5.56 Å². The summed E-state index contributed by atoms with van der Waals surface area (Å²) in [5, 5.41) is 10.2. The summed E-state index contributed by atoms with van der Waals surface area (Å²) in [5.41, 5.74) is 3.82. The van der Waals surface area contributed by atoms with Gasteiger partial charge in [0.05, 0.1) is 5.56 Å². The van der Waals surface area contributed by atoms with E-state index in [-0.39, 0.29) is 0 Å². The van der Waals surface area contributed by atoms with Crippen molar-refractivity contribution in [1.82, 2.24) is 4.57 Å². The minimum Gasteiger partial charge on any atom is -0.478 e. The van der Waals surface area contributed by atoms with Crippen molar-refractivity contribution in [2.45, 2.75) is 18.4 Å². The van der Waals surface area contributed by atoms with Crippen LogP contribution in [0.3, 0.4) is 0 Å². The fourth-order valence-corrected chi connectivity index (χ4v) is 3.60. The molecule has 3 rings (SSSR count). The molecule has 0 aliphatic carbocycles. The van der Waals surface area contributed by atoms with E-state index in [0.717, 1.165) is 22.3 Å². The van der Waals surface area contributed by atoms with Gasteiger partial charge in [-0.2, -0.15) is 0 Å². The average Bonchev–Trinajstić information content (AvgIpc) is 2.79. The van der Waals surface area contributed by atoms with Gasteiger partial charge in [-0.3, -0.25) is 0 Å². The van der Waals surface area contributed by atoms with Crippen LogP contribution in [0.15, 0.2) is 53.4 Å². The van der Waals surface area contributed by atoms with Crippen LogP contribution in [0.2, 0.25) is 0 Å². The van der Waals surface area contributed by atoms with Gasteiger partial charge in [0.15, 0.2) is 0 Å². The summed E-state index contributed by atoms with van der Waals surface area (Å²) in [6.45, 7) is 2.88. The molecule has 1 aromatic heterocycles. The molecule has 0 fully saturated rings. The molecule has 1 N–H and O–H groups in total. The monoisotopic (exact) mass is 311 g/mol. The van der Waals surface area contributed by atoms with E-state index in [9.17, 15) is 9.90 Å². The number of carbonyl (C=O) groups is 1. The molecule has 0 spiro atoms. The minimum atomic E-state index is -0.887. The lowest BCUT2D eigenvalue weighted by Gasteiger charge is -2.09. The topological polar surface area (TPSA) is 42.2 Å². The summed E-state index contributed by atoms with van der Waals surface area (Å²) in [6, 6.07) is 15.7. The third kappa shape index (κ3) is 2.50. The normalized spacial score (nSPS) is 11.0. The van der Waals surface area contributed by atoms with Crippen LogP contribution in [0.4, 0.5) is 0 Å². The van der Waals surface area contributed by atoms with Crippen molar-refractivity contribution in [2.75, 3.05) is 6.26 Å². The molecule has 0 radical (unpaired) electrons. The molecule has 0 saturated carbocycles. The summed E-state index contributed by atoms with van der Waals surface area (Å²) in [5.74, 6) is -0.887. The van der Waals surface area contributed by atoms with Crippen LogP contribution >= 0.6 is 11.8 Å². The molecule has 0 bridgehead atoms. The van der Waals surface area contributed by atoms with Crippen LogP contribution in [0, 0.1) is 6.92 Å². The molecule has 3 aromatic rings. The van der Waals surface area contributed by atoms with Crippen molar-refractivity contribution < 1.29 is 9.90 Å². The van der Waals surface area contributed by atoms with Gasteiger partial charge in [0.1, 0.15) is 0 Å². The molecule has 0 amide bonds. The number of carboxylic acid groups (broad SMARTS) is 1. The summed E-state index contributed by atoms with van der Waals surface area (Å²) in [7, 11) is 0. The Kier molecular flexibility index (Phi) is 3.94. The molecule has 1 heterocycles. The smallest absolute Gasteiger partial charge is 0.335 e. The Morgan fingerprint density at radius 3 is 2.55 bits per heavy atom. The molecule has 4 heteroatoms. The number of hydrogen-bond donors (Lipinski definition) is 1. The van der Waals surface area contributed by atoms with Gasteiger partial charge >= 0.3 is 5.97 Å². The largest absolute Gasteiger partial charge is 0.478 e. The van der Waals surface area contributed by atoms with E-state index in [1.54, 1.807) is 23.9 Å². The van der Waals surface area contributed by atoms with Gasteiger partial charge in [0.2, 0.25) is 0 Å². The number of fused-ring (bicyclic) bond motifs is 1. The van der Waals surface area contributed by atoms with Crippen molar-refractivity contribution in [2.24, 2.45) is 0 Å². The third-order valence-electron chi connectivity index (χ3n) is 3.90. The van der Waals surface area contributed by atoms with E-state index in [4.69, 9.17) is 0 Å². The molecule has 112 valence electrons. The van der Waals surface area contributed by atoms with Crippen LogP contribution < -0.4 is 0 Å². The number of thioether (sulfide) groups is 1. The molecular weight excluding hydrogens is 294 g/mol. The van der Waals surface area contributed by atoms with Crippen molar-refractivity contribution >= 4 is 28.6 Å². The molecule has 0 aliphatic rings. The number of benzene rings is 2. The maximum atomic E-state index is 11.2. The molecule has 0 atom stereocenters. The predicted octanol–water partition coefficient (Wildman–Crippen LogP) is 4.42. The van der Waals surface area contributed by atoms with E-state index in [2.05, 4.69) is 23.6 Å². The first-order valence-electron chi connectivity index (χ1n) is 7.06. The number of hydrogen-bond acceptors (Lipinski definition) is 2. The number of nitrogens with zero attached hydrogens (tertiary/aromatic N) is 1. The van der Waals surface area contributed by atoms with Gasteiger partial charge in [-0.25, -0.2) is 4.79 Å². The van der Waals surface area contributed by atoms with Crippen molar-refractivity contribution in [1.29, 1.82) is 0 Å². The Balaban J connectivity index is 2.18. The molecule has 22 heavy (non-hydrogen) atoms. The Morgan fingerprint density at radius 1 is 1.18 bits per heavy atom. The summed E-state index contributed by atoms with van der Waals surface area (Å²) in [4.78, 5) is 12.4. The van der Waals surface area contributed by atoms with Crippen molar-refractivity contribution in [3.05, 3.63) is 65.4 Å². The van der Waals surface area contributed by atoms with Gasteiger partial charge in [0, 0.05) is 28.0 Å².